The second kappa shape index (κ2) is 10.2. The van der Waals surface area contributed by atoms with Crippen LogP contribution < -0.4 is 14.8 Å². The summed E-state index contributed by atoms with van der Waals surface area (Å²) in [7, 11) is -2.31. The number of sulfonamides is 1. The van der Waals surface area contributed by atoms with Crippen LogP contribution in [0.3, 0.4) is 0 Å². The van der Waals surface area contributed by atoms with Crippen LogP contribution in [0.1, 0.15) is 19.4 Å². The third kappa shape index (κ3) is 5.70. The summed E-state index contributed by atoms with van der Waals surface area (Å²) in [6.45, 7) is 5.35. The zero-order chi connectivity index (χ0) is 23.2. The van der Waals surface area contributed by atoms with Crippen molar-refractivity contribution in [1.82, 2.24) is 4.31 Å². The molecule has 11 heteroatoms. The Balaban J connectivity index is 2.17. The van der Waals surface area contributed by atoms with Crippen molar-refractivity contribution in [3.63, 3.8) is 0 Å². The van der Waals surface area contributed by atoms with Crippen LogP contribution in [0.5, 0.6) is 11.5 Å². The molecule has 1 amide bonds. The number of nitro groups is 1. The highest BCUT2D eigenvalue weighted by atomic mass is 32.2. The molecule has 0 aliphatic carbocycles. The molecule has 2 aromatic rings. The van der Waals surface area contributed by atoms with Gasteiger partial charge in [-0.05, 0) is 36.8 Å². The lowest BCUT2D eigenvalue weighted by molar-refractivity contribution is -0.385. The molecule has 0 bridgehead atoms. The third-order valence-corrected chi connectivity index (χ3v) is 6.59. The molecule has 0 spiro atoms. The first-order valence-corrected chi connectivity index (χ1v) is 10.9. The van der Waals surface area contributed by atoms with Gasteiger partial charge in [-0.3, -0.25) is 14.9 Å². The number of methoxy groups -OCH3 is 1. The van der Waals surface area contributed by atoms with E-state index < -0.39 is 27.5 Å². The molecule has 31 heavy (non-hydrogen) atoms. The predicted molar refractivity (Wildman–Crippen MR) is 115 cm³/mol. The quantitative estimate of drug-likeness (QED) is 0.434. The van der Waals surface area contributed by atoms with Gasteiger partial charge in [0, 0.05) is 18.8 Å². The second-order valence-corrected chi connectivity index (χ2v) is 8.43. The third-order valence-electron chi connectivity index (χ3n) is 4.55. The fraction of sp³-hybridized carbons (Fsp3) is 0.350. The average molecular weight is 452 g/mol. The van der Waals surface area contributed by atoms with E-state index in [9.17, 15) is 23.3 Å². The fourth-order valence-electron chi connectivity index (χ4n) is 2.83. The normalized spacial score (nSPS) is 11.3. The Morgan fingerprint density at radius 1 is 1.16 bits per heavy atom. The molecule has 1 N–H and O–H groups in total. The first-order valence-electron chi connectivity index (χ1n) is 9.49. The van der Waals surface area contributed by atoms with Crippen molar-refractivity contribution < 1.29 is 27.6 Å². The van der Waals surface area contributed by atoms with Crippen molar-refractivity contribution in [2.75, 3.05) is 32.1 Å². The summed E-state index contributed by atoms with van der Waals surface area (Å²) in [6, 6.07) is 8.48. The van der Waals surface area contributed by atoms with Crippen molar-refractivity contribution in [3.8, 4) is 11.5 Å². The van der Waals surface area contributed by atoms with Crippen molar-refractivity contribution in [3.05, 3.63) is 52.1 Å². The van der Waals surface area contributed by atoms with Crippen molar-refractivity contribution >= 4 is 27.3 Å². The van der Waals surface area contributed by atoms with Crippen LogP contribution in [0.4, 0.5) is 11.4 Å². The van der Waals surface area contributed by atoms with Gasteiger partial charge in [-0.1, -0.05) is 19.9 Å². The van der Waals surface area contributed by atoms with E-state index in [1.165, 1.54) is 41.7 Å². The molecule has 10 nitrogen and oxygen atoms in total. The van der Waals surface area contributed by atoms with E-state index in [0.29, 0.717) is 24.3 Å². The molecule has 2 aromatic carbocycles. The van der Waals surface area contributed by atoms with Gasteiger partial charge in [-0.2, -0.15) is 4.31 Å². The Morgan fingerprint density at radius 3 is 2.42 bits per heavy atom. The van der Waals surface area contributed by atoms with E-state index in [1.807, 2.05) is 0 Å². The van der Waals surface area contributed by atoms with E-state index >= 15 is 0 Å². The number of benzene rings is 2. The molecule has 0 atom stereocenters. The van der Waals surface area contributed by atoms with Gasteiger partial charge in [0.1, 0.15) is 5.75 Å². The van der Waals surface area contributed by atoms with E-state index in [-0.39, 0.29) is 22.1 Å². The largest absolute Gasteiger partial charge is 0.496 e. The topological polar surface area (TPSA) is 128 Å². The van der Waals surface area contributed by atoms with Gasteiger partial charge in [-0.15, -0.1) is 0 Å². The number of nitro benzene ring substituents is 1. The van der Waals surface area contributed by atoms with Crippen LogP contribution in [-0.2, 0) is 14.8 Å². The number of carbonyl (C=O) groups is 1. The maximum absolute atomic E-state index is 12.7. The fourth-order valence-corrected chi connectivity index (χ4v) is 4.31. The van der Waals surface area contributed by atoms with Gasteiger partial charge in [-0.25, -0.2) is 8.42 Å². The molecule has 0 unspecified atom stereocenters. The smallest absolute Gasteiger partial charge is 0.314 e. The predicted octanol–water partition coefficient (Wildman–Crippen LogP) is 2.96. The van der Waals surface area contributed by atoms with Crippen molar-refractivity contribution in [1.29, 1.82) is 0 Å². The van der Waals surface area contributed by atoms with E-state index in [0.717, 1.165) is 0 Å². The number of rotatable bonds is 10. The van der Waals surface area contributed by atoms with Gasteiger partial charge in [0.05, 0.1) is 23.0 Å². The highest BCUT2D eigenvalue weighted by Gasteiger charge is 2.23. The maximum Gasteiger partial charge on any atom is 0.314 e. The number of ether oxygens (including phenoxy) is 2. The molecule has 0 aliphatic heterocycles. The standard InChI is InChI=1S/C20H25N3O7S/c1-5-22(6-2)31(27,28)16-9-7-14(3)17(12-16)21-20(24)13-30-19-10-8-15(29-4)11-18(19)23(25)26/h7-12H,5-6,13H2,1-4H3,(H,21,24). The van der Waals surface area contributed by atoms with E-state index in [4.69, 9.17) is 9.47 Å². The first-order chi connectivity index (χ1) is 14.6. The van der Waals surface area contributed by atoms with Gasteiger partial charge < -0.3 is 14.8 Å². The second-order valence-electron chi connectivity index (χ2n) is 6.49. The number of carbonyl (C=O) groups excluding carboxylic acids is 1. The Hall–Kier alpha value is -3.18. The Bertz CT molecular complexity index is 1070. The van der Waals surface area contributed by atoms with E-state index in [1.54, 1.807) is 26.8 Å². The van der Waals surface area contributed by atoms with Crippen LogP contribution in [0.2, 0.25) is 0 Å². The molecule has 0 saturated carbocycles. The lowest BCUT2D eigenvalue weighted by atomic mass is 10.2. The molecule has 0 radical (unpaired) electrons. The lowest BCUT2D eigenvalue weighted by Gasteiger charge is -2.19. The number of nitrogens with one attached hydrogen (secondary N) is 1. The average Bonchev–Trinajstić information content (AvgIpc) is 2.74. The van der Waals surface area contributed by atoms with Gasteiger partial charge in [0.15, 0.2) is 12.4 Å². The summed E-state index contributed by atoms with van der Waals surface area (Å²) in [6.07, 6.45) is 0. The number of aryl methyl sites for hydroxylation is 1. The molecule has 0 saturated heterocycles. The SMILES string of the molecule is CCN(CC)S(=O)(=O)c1ccc(C)c(NC(=O)COc2ccc(OC)cc2[N+](=O)[O-])c1. The first kappa shape index (κ1) is 24.1. The monoisotopic (exact) mass is 451 g/mol. The summed E-state index contributed by atoms with van der Waals surface area (Å²) in [4.78, 5) is 23.0. The molecule has 0 aromatic heterocycles. The summed E-state index contributed by atoms with van der Waals surface area (Å²) >= 11 is 0. The van der Waals surface area contributed by atoms with Crippen molar-refractivity contribution in [2.45, 2.75) is 25.7 Å². The maximum atomic E-state index is 12.7. The van der Waals surface area contributed by atoms with Crippen LogP contribution in [0.15, 0.2) is 41.3 Å². The summed E-state index contributed by atoms with van der Waals surface area (Å²) < 4.78 is 37.0. The molecule has 0 aliphatic rings. The summed E-state index contributed by atoms with van der Waals surface area (Å²) in [5.74, 6) is -0.397. The molecular formula is C20H25N3O7S. The molecule has 168 valence electrons. The number of nitrogens with zero attached hydrogens (tertiary/aromatic N) is 2. The van der Waals surface area contributed by atoms with Crippen LogP contribution in [0, 0.1) is 17.0 Å². The van der Waals surface area contributed by atoms with E-state index in [2.05, 4.69) is 5.32 Å². The van der Waals surface area contributed by atoms with Crippen LogP contribution in [-0.4, -0.2) is 50.4 Å². The number of anilines is 1. The number of hydrogen-bond donors (Lipinski definition) is 1. The lowest BCUT2D eigenvalue weighted by Crippen LogP contribution is -2.30. The van der Waals surface area contributed by atoms with Crippen molar-refractivity contribution in [2.24, 2.45) is 0 Å². The minimum Gasteiger partial charge on any atom is -0.496 e. The van der Waals surface area contributed by atoms with Gasteiger partial charge >= 0.3 is 5.69 Å². The Labute approximate surface area is 181 Å². The number of amides is 1. The zero-order valence-corrected chi connectivity index (χ0v) is 18.6. The Morgan fingerprint density at radius 2 is 1.84 bits per heavy atom. The summed E-state index contributed by atoms with van der Waals surface area (Å²) in [5.41, 5.74) is 0.629. The zero-order valence-electron chi connectivity index (χ0n) is 17.7. The molecule has 0 heterocycles. The summed E-state index contributed by atoms with van der Waals surface area (Å²) in [5, 5.41) is 13.8. The minimum atomic E-state index is -3.69. The Kier molecular flexibility index (Phi) is 7.95. The van der Waals surface area contributed by atoms with Gasteiger partial charge in [0.2, 0.25) is 10.0 Å². The van der Waals surface area contributed by atoms with Crippen LogP contribution >= 0.6 is 0 Å². The highest BCUT2D eigenvalue weighted by Crippen LogP contribution is 2.31. The van der Waals surface area contributed by atoms with Crippen LogP contribution in [0.25, 0.3) is 0 Å². The van der Waals surface area contributed by atoms with Gasteiger partial charge in [0.25, 0.3) is 5.91 Å². The minimum absolute atomic E-state index is 0.0591. The molecular weight excluding hydrogens is 426 g/mol. The highest BCUT2D eigenvalue weighted by molar-refractivity contribution is 7.89. The molecule has 0 fully saturated rings. The molecule has 2 rings (SSSR count). The number of hydrogen-bond acceptors (Lipinski definition) is 7.